The Hall–Kier alpha value is -2.21. The average Bonchev–Trinajstić information content (AvgIpc) is 3.04. The van der Waals surface area contributed by atoms with Gasteiger partial charge in [0.05, 0.1) is 0 Å². The van der Waals surface area contributed by atoms with Gasteiger partial charge in [-0.15, -0.1) is 0 Å². The van der Waals surface area contributed by atoms with Crippen LogP contribution in [0.4, 0.5) is 4.39 Å². The summed E-state index contributed by atoms with van der Waals surface area (Å²) >= 11 is 0. The third-order valence-electron chi connectivity index (χ3n) is 4.38. The van der Waals surface area contributed by atoms with Crippen LogP contribution in [0.2, 0.25) is 0 Å². The van der Waals surface area contributed by atoms with Crippen LogP contribution in [-0.2, 0) is 17.8 Å². The number of carbonyl (C=O) groups is 1. The van der Waals surface area contributed by atoms with Gasteiger partial charge >= 0.3 is 0 Å². The molecule has 1 amide bonds. The molecule has 0 spiro atoms. The smallest absolute Gasteiger partial charge is 0.276 e. The number of amides is 1. The highest BCUT2D eigenvalue weighted by molar-refractivity contribution is 5.92. The Bertz CT molecular complexity index is 693. The van der Waals surface area contributed by atoms with Crippen LogP contribution in [-0.4, -0.2) is 36.2 Å². The number of likely N-dealkylation sites (tertiary alicyclic amines) is 1. The lowest BCUT2D eigenvalue weighted by Gasteiger charge is -2.31. The second-order valence-electron chi connectivity index (χ2n) is 6.18. The molecule has 2 aromatic rings. The lowest BCUT2D eigenvalue weighted by Crippen LogP contribution is -2.39. The van der Waals surface area contributed by atoms with Gasteiger partial charge in [-0.25, -0.2) is 4.39 Å². The van der Waals surface area contributed by atoms with E-state index >= 15 is 0 Å². The zero-order valence-electron chi connectivity index (χ0n) is 13.7. The van der Waals surface area contributed by atoms with E-state index in [0.717, 1.165) is 24.8 Å². The number of rotatable bonds is 5. The van der Waals surface area contributed by atoms with Gasteiger partial charge in [0.15, 0.2) is 11.5 Å². The summed E-state index contributed by atoms with van der Waals surface area (Å²) < 4.78 is 23.3. The van der Waals surface area contributed by atoms with E-state index in [9.17, 15) is 9.18 Å². The van der Waals surface area contributed by atoms with Crippen LogP contribution in [0.1, 0.15) is 34.7 Å². The first-order valence-electron chi connectivity index (χ1n) is 8.14. The van der Waals surface area contributed by atoms with Gasteiger partial charge in [0.1, 0.15) is 12.4 Å². The lowest BCUT2D eigenvalue weighted by molar-refractivity contribution is 0.0679. The summed E-state index contributed by atoms with van der Waals surface area (Å²) in [6, 6.07) is 8.37. The van der Waals surface area contributed by atoms with Crippen molar-refractivity contribution in [3.63, 3.8) is 0 Å². The number of ether oxygens (including phenoxy) is 1. The Balaban J connectivity index is 1.53. The second kappa shape index (κ2) is 7.57. The normalized spacial score (nSPS) is 15.7. The Labute approximate surface area is 140 Å². The summed E-state index contributed by atoms with van der Waals surface area (Å²) in [7, 11) is 1.56. The van der Waals surface area contributed by atoms with Crippen LogP contribution in [0.5, 0.6) is 0 Å². The fourth-order valence-corrected chi connectivity index (χ4v) is 3.12. The van der Waals surface area contributed by atoms with E-state index in [2.05, 4.69) is 5.16 Å². The summed E-state index contributed by atoms with van der Waals surface area (Å²) in [5.74, 6) is 0.711. The molecule has 0 radical (unpaired) electrons. The Kier molecular flexibility index (Phi) is 5.25. The average molecular weight is 332 g/mol. The molecule has 1 saturated heterocycles. The molecule has 1 aromatic carbocycles. The first kappa shape index (κ1) is 16.6. The quantitative estimate of drug-likeness (QED) is 0.844. The summed E-state index contributed by atoms with van der Waals surface area (Å²) in [5, 5.41) is 3.82. The van der Waals surface area contributed by atoms with Crippen molar-refractivity contribution in [1.82, 2.24) is 10.1 Å². The van der Waals surface area contributed by atoms with Crippen molar-refractivity contribution in [2.75, 3.05) is 20.2 Å². The molecule has 1 aliphatic heterocycles. The summed E-state index contributed by atoms with van der Waals surface area (Å²) in [5.41, 5.74) is 1.34. The molecule has 0 atom stereocenters. The van der Waals surface area contributed by atoms with Gasteiger partial charge in [-0.3, -0.25) is 4.79 Å². The van der Waals surface area contributed by atoms with Crippen molar-refractivity contribution in [2.24, 2.45) is 5.92 Å². The van der Waals surface area contributed by atoms with Gasteiger partial charge in [0.2, 0.25) is 0 Å². The van der Waals surface area contributed by atoms with E-state index in [-0.39, 0.29) is 11.7 Å². The van der Waals surface area contributed by atoms with Gasteiger partial charge in [-0.2, -0.15) is 0 Å². The maximum atomic E-state index is 13.3. The number of piperidine rings is 1. The third kappa shape index (κ3) is 4.00. The van der Waals surface area contributed by atoms with Crippen molar-refractivity contribution in [2.45, 2.75) is 25.9 Å². The Morgan fingerprint density at radius 3 is 2.88 bits per heavy atom. The summed E-state index contributed by atoms with van der Waals surface area (Å²) in [4.78, 5) is 14.2. The van der Waals surface area contributed by atoms with Crippen LogP contribution < -0.4 is 0 Å². The molecule has 1 aromatic heterocycles. The molecule has 5 nitrogen and oxygen atoms in total. The predicted molar refractivity (Wildman–Crippen MR) is 85.9 cm³/mol. The van der Waals surface area contributed by atoms with Gasteiger partial charge in [0, 0.05) is 26.3 Å². The topological polar surface area (TPSA) is 55.6 Å². The zero-order valence-corrected chi connectivity index (χ0v) is 13.7. The molecule has 0 N–H and O–H groups in total. The number of halogens is 1. The van der Waals surface area contributed by atoms with Crippen LogP contribution in [0.15, 0.2) is 34.9 Å². The monoisotopic (exact) mass is 332 g/mol. The zero-order chi connectivity index (χ0) is 16.9. The molecule has 0 aliphatic carbocycles. The molecule has 0 saturated carbocycles. The molecule has 6 heteroatoms. The van der Waals surface area contributed by atoms with E-state index in [0.29, 0.717) is 37.1 Å². The second-order valence-corrected chi connectivity index (χ2v) is 6.18. The van der Waals surface area contributed by atoms with Gasteiger partial charge < -0.3 is 14.2 Å². The van der Waals surface area contributed by atoms with Gasteiger partial charge in [-0.05, 0) is 42.9 Å². The van der Waals surface area contributed by atoms with Crippen LogP contribution in [0.3, 0.4) is 0 Å². The SMILES string of the molecule is COCc1cc(C(=O)N2CCC(Cc3cccc(F)c3)CC2)no1. The summed E-state index contributed by atoms with van der Waals surface area (Å²) in [6.45, 7) is 1.67. The van der Waals surface area contributed by atoms with Crippen molar-refractivity contribution in [3.05, 3.63) is 53.2 Å². The van der Waals surface area contributed by atoms with Gasteiger partial charge in [0.25, 0.3) is 5.91 Å². The van der Waals surface area contributed by atoms with E-state index in [1.165, 1.54) is 6.07 Å². The lowest BCUT2D eigenvalue weighted by atomic mass is 9.90. The van der Waals surface area contributed by atoms with E-state index in [1.807, 2.05) is 6.07 Å². The Morgan fingerprint density at radius 1 is 1.38 bits per heavy atom. The van der Waals surface area contributed by atoms with Crippen molar-refractivity contribution >= 4 is 5.91 Å². The van der Waals surface area contributed by atoms with Crippen LogP contribution in [0, 0.1) is 11.7 Å². The molecule has 24 heavy (non-hydrogen) atoms. The standard InChI is InChI=1S/C18H21FN2O3/c1-23-12-16-11-17(20-24-16)18(22)21-7-5-13(6-8-21)9-14-3-2-4-15(19)10-14/h2-4,10-11,13H,5-9,12H2,1H3. The highest BCUT2D eigenvalue weighted by atomic mass is 19.1. The molecule has 0 unspecified atom stereocenters. The summed E-state index contributed by atoms with van der Waals surface area (Å²) in [6.07, 6.45) is 2.66. The number of carbonyl (C=O) groups excluding carboxylic acids is 1. The van der Waals surface area contributed by atoms with E-state index in [1.54, 1.807) is 30.2 Å². The fraction of sp³-hybridized carbons (Fsp3) is 0.444. The molecular weight excluding hydrogens is 311 g/mol. The minimum absolute atomic E-state index is 0.106. The highest BCUT2D eigenvalue weighted by Gasteiger charge is 2.25. The number of benzene rings is 1. The molecule has 2 heterocycles. The minimum atomic E-state index is -0.196. The number of hydrogen-bond donors (Lipinski definition) is 0. The first-order chi connectivity index (χ1) is 11.7. The molecule has 128 valence electrons. The van der Waals surface area contributed by atoms with Crippen molar-refractivity contribution < 1.29 is 18.4 Å². The van der Waals surface area contributed by atoms with Crippen molar-refractivity contribution in [3.8, 4) is 0 Å². The highest BCUT2D eigenvalue weighted by Crippen LogP contribution is 2.23. The first-order valence-corrected chi connectivity index (χ1v) is 8.14. The van der Waals surface area contributed by atoms with Crippen LogP contribution >= 0.6 is 0 Å². The predicted octanol–water partition coefficient (Wildman–Crippen LogP) is 3.06. The molecule has 1 fully saturated rings. The molecular formula is C18H21FN2O3. The maximum absolute atomic E-state index is 13.3. The number of aromatic nitrogens is 1. The maximum Gasteiger partial charge on any atom is 0.276 e. The van der Waals surface area contributed by atoms with E-state index < -0.39 is 0 Å². The molecule has 0 bridgehead atoms. The van der Waals surface area contributed by atoms with Crippen molar-refractivity contribution in [1.29, 1.82) is 0 Å². The Morgan fingerprint density at radius 2 is 2.17 bits per heavy atom. The minimum Gasteiger partial charge on any atom is -0.377 e. The van der Waals surface area contributed by atoms with Crippen LogP contribution in [0.25, 0.3) is 0 Å². The fourth-order valence-electron chi connectivity index (χ4n) is 3.12. The molecule has 1 aliphatic rings. The van der Waals surface area contributed by atoms with E-state index in [4.69, 9.17) is 9.26 Å². The van der Waals surface area contributed by atoms with Gasteiger partial charge in [-0.1, -0.05) is 17.3 Å². The third-order valence-corrected chi connectivity index (χ3v) is 4.38. The number of methoxy groups -OCH3 is 1. The number of nitrogens with zero attached hydrogens (tertiary/aromatic N) is 2. The molecule has 3 rings (SSSR count). The number of hydrogen-bond acceptors (Lipinski definition) is 4. The largest absolute Gasteiger partial charge is 0.377 e.